The Kier molecular flexibility index (Phi) is 17.0. The molecule has 8 N–H and O–H groups in total. The molecular formula is C28H53NO11. The Morgan fingerprint density at radius 1 is 0.650 bits per heavy atom. The number of aliphatic hydroxyl groups excluding tert-OH is 7. The van der Waals surface area contributed by atoms with Crippen molar-refractivity contribution >= 4 is 5.91 Å². The normalized spacial score (nSPS) is 34.6. The van der Waals surface area contributed by atoms with Gasteiger partial charge in [0.05, 0.1) is 13.2 Å². The van der Waals surface area contributed by atoms with Crippen molar-refractivity contribution in [3.63, 3.8) is 0 Å². The van der Waals surface area contributed by atoms with E-state index >= 15 is 0 Å². The second-order valence-corrected chi connectivity index (χ2v) is 11.1. The maximum Gasteiger partial charge on any atom is 0.222 e. The number of ether oxygens (including phenoxy) is 3. The van der Waals surface area contributed by atoms with E-state index in [1.165, 1.54) is 57.8 Å². The zero-order valence-electron chi connectivity index (χ0n) is 23.9. The molecule has 12 heteroatoms. The molecule has 40 heavy (non-hydrogen) atoms. The molecule has 0 aliphatic carbocycles. The van der Waals surface area contributed by atoms with Gasteiger partial charge in [0.15, 0.2) is 12.5 Å². The van der Waals surface area contributed by atoms with Gasteiger partial charge in [0.2, 0.25) is 5.91 Å². The fourth-order valence-electron chi connectivity index (χ4n) is 5.24. The van der Waals surface area contributed by atoms with Crippen LogP contribution in [0.2, 0.25) is 0 Å². The van der Waals surface area contributed by atoms with Crippen LogP contribution in [-0.2, 0) is 19.0 Å². The topological polar surface area (TPSA) is 198 Å². The van der Waals surface area contributed by atoms with Crippen LogP contribution in [-0.4, -0.2) is 116 Å². The van der Waals surface area contributed by atoms with E-state index in [2.05, 4.69) is 12.2 Å². The molecule has 2 aliphatic rings. The monoisotopic (exact) mass is 579 g/mol. The third-order valence-corrected chi connectivity index (χ3v) is 7.81. The van der Waals surface area contributed by atoms with E-state index in [4.69, 9.17) is 14.2 Å². The van der Waals surface area contributed by atoms with Gasteiger partial charge < -0.3 is 55.3 Å². The van der Waals surface area contributed by atoms with Gasteiger partial charge in [0.1, 0.15) is 48.8 Å². The first-order chi connectivity index (χ1) is 19.2. The second-order valence-electron chi connectivity index (χ2n) is 11.1. The lowest BCUT2D eigenvalue weighted by molar-refractivity contribution is -0.343. The number of nitrogens with one attached hydrogen (secondary N) is 1. The highest BCUT2D eigenvalue weighted by Crippen LogP contribution is 2.28. The van der Waals surface area contributed by atoms with Crippen LogP contribution in [0, 0.1) is 0 Å². The Morgan fingerprint density at radius 2 is 1.18 bits per heavy atom. The van der Waals surface area contributed by atoms with Crippen LogP contribution in [0.25, 0.3) is 0 Å². The van der Waals surface area contributed by atoms with Gasteiger partial charge in [0.25, 0.3) is 0 Å². The predicted molar refractivity (Wildman–Crippen MR) is 145 cm³/mol. The first-order valence-corrected chi connectivity index (χ1v) is 15.1. The molecule has 2 rings (SSSR count). The van der Waals surface area contributed by atoms with E-state index in [9.17, 15) is 40.5 Å². The summed E-state index contributed by atoms with van der Waals surface area (Å²) in [5.41, 5.74) is 0. The Hall–Kier alpha value is -0.930. The van der Waals surface area contributed by atoms with Gasteiger partial charge >= 0.3 is 0 Å². The molecule has 2 aliphatic heterocycles. The third-order valence-electron chi connectivity index (χ3n) is 7.81. The Labute approximate surface area is 237 Å². The van der Waals surface area contributed by atoms with E-state index in [1.54, 1.807) is 0 Å². The number of hydrogen-bond acceptors (Lipinski definition) is 11. The van der Waals surface area contributed by atoms with Gasteiger partial charge in [-0.15, -0.1) is 0 Å². The van der Waals surface area contributed by atoms with Crippen molar-refractivity contribution in [3.05, 3.63) is 0 Å². The number of unbranched alkanes of at least 4 members (excludes halogenated alkanes) is 12. The van der Waals surface area contributed by atoms with Crippen LogP contribution < -0.4 is 5.32 Å². The highest BCUT2D eigenvalue weighted by molar-refractivity contribution is 5.76. The summed E-state index contributed by atoms with van der Waals surface area (Å²) in [7, 11) is 0. The van der Waals surface area contributed by atoms with Crippen LogP contribution in [0.15, 0.2) is 0 Å². The number of rotatable bonds is 19. The standard InChI is InChI=1S/C28H53NO11/c1-2-3-4-5-6-7-8-9-10-11-12-13-14-15-20(32)29-27-24(36)23(35)26(19(17-31)38-27)40-28-25(37)22(34)21(33)18(16-30)39-28/h18-19,21-28,30-31,33-37H,2-17H2,1H3,(H,29,32)/t18-,19-,21-,22+,23-,24+,25+,26-,27?,28+/m1/s1. The van der Waals surface area contributed by atoms with Gasteiger partial charge in [-0.05, 0) is 6.42 Å². The molecule has 0 spiro atoms. The number of amides is 1. The molecule has 0 aromatic carbocycles. The van der Waals surface area contributed by atoms with Gasteiger partial charge in [0, 0.05) is 6.42 Å². The minimum absolute atomic E-state index is 0.231. The summed E-state index contributed by atoms with van der Waals surface area (Å²) >= 11 is 0. The van der Waals surface area contributed by atoms with Crippen LogP contribution in [0.5, 0.6) is 0 Å². The summed E-state index contributed by atoms with van der Waals surface area (Å²) in [5.74, 6) is -0.357. The van der Waals surface area contributed by atoms with Crippen molar-refractivity contribution in [2.45, 2.75) is 158 Å². The van der Waals surface area contributed by atoms with Crippen molar-refractivity contribution in [1.29, 1.82) is 0 Å². The molecule has 0 aromatic rings. The molecular weight excluding hydrogens is 526 g/mol. The fourth-order valence-corrected chi connectivity index (χ4v) is 5.24. The van der Waals surface area contributed by atoms with Crippen molar-refractivity contribution < 1.29 is 54.8 Å². The van der Waals surface area contributed by atoms with Gasteiger partial charge in [-0.1, -0.05) is 84.0 Å². The third kappa shape index (κ3) is 11.0. The molecule has 2 heterocycles. The van der Waals surface area contributed by atoms with Crippen LogP contribution in [0.4, 0.5) is 0 Å². The van der Waals surface area contributed by atoms with Crippen molar-refractivity contribution in [2.75, 3.05) is 13.2 Å². The van der Waals surface area contributed by atoms with Gasteiger partial charge in [-0.25, -0.2) is 0 Å². The summed E-state index contributed by atoms with van der Waals surface area (Å²) in [4.78, 5) is 12.4. The van der Waals surface area contributed by atoms with Crippen LogP contribution in [0.3, 0.4) is 0 Å². The van der Waals surface area contributed by atoms with Crippen LogP contribution in [0.1, 0.15) is 96.8 Å². The minimum Gasteiger partial charge on any atom is -0.394 e. The Balaban J connectivity index is 1.67. The smallest absolute Gasteiger partial charge is 0.222 e. The number of aliphatic hydroxyl groups is 7. The second kappa shape index (κ2) is 19.3. The summed E-state index contributed by atoms with van der Waals surface area (Å²) < 4.78 is 16.4. The average molecular weight is 580 g/mol. The Morgan fingerprint density at radius 3 is 1.70 bits per heavy atom. The molecule has 2 saturated heterocycles. The van der Waals surface area contributed by atoms with Gasteiger partial charge in [-0.2, -0.15) is 0 Å². The molecule has 236 valence electrons. The fraction of sp³-hybridized carbons (Fsp3) is 0.964. The minimum atomic E-state index is -1.74. The van der Waals surface area contributed by atoms with Crippen molar-refractivity contribution in [3.8, 4) is 0 Å². The van der Waals surface area contributed by atoms with Crippen molar-refractivity contribution in [2.24, 2.45) is 0 Å². The van der Waals surface area contributed by atoms with E-state index in [0.717, 1.165) is 19.3 Å². The zero-order valence-corrected chi connectivity index (χ0v) is 23.9. The lowest BCUT2D eigenvalue weighted by Gasteiger charge is -2.46. The maximum absolute atomic E-state index is 12.4. The molecule has 0 bridgehead atoms. The van der Waals surface area contributed by atoms with Gasteiger partial charge in [-0.3, -0.25) is 4.79 Å². The van der Waals surface area contributed by atoms with Crippen molar-refractivity contribution in [1.82, 2.24) is 5.32 Å². The molecule has 2 fully saturated rings. The summed E-state index contributed by atoms with van der Waals surface area (Å²) in [5, 5.41) is 73.0. The van der Waals surface area contributed by atoms with Crippen LogP contribution >= 0.6 is 0 Å². The first kappa shape index (κ1) is 35.3. The Bertz CT molecular complexity index is 683. The first-order valence-electron chi connectivity index (χ1n) is 15.1. The molecule has 1 amide bonds. The lowest BCUT2D eigenvalue weighted by Crippen LogP contribution is -2.66. The quantitative estimate of drug-likeness (QED) is 0.0973. The summed E-state index contributed by atoms with van der Waals surface area (Å²) in [6, 6.07) is 0. The number of hydrogen-bond donors (Lipinski definition) is 8. The van der Waals surface area contributed by atoms with E-state index < -0.39 is 74.6 Å². The van der Waals surface area contributed by atoms with E-state index in [0.29, 0.717) is 6.42 Å². The zero-order chi connectivity index (χ0) is 29.5. The summed E-state index contributed by atoms with van der Waals surface area (Å²) in [6.07, 6.45) is 0.642. The largest absolute Gasteiger partial charge is 0.394 e. The molecule has 1 unspecified atom stereocenters. The predicted octanol–water partition coefficient (Wildman–Crippen LogP) is 0.208. The average Bonchev–Trinajstić information content (AvgIpc) is 2.95. The highest BCUT2D eigenvalue weighted by Gasteiger charge is 2.50. The lowest BCUT2D eigenvalue weighted by atomic mass is 9.96. The number of carbonyl (C=O) groups is 1. The molecule has 12 nitrogen and oxygen atoms in total. The highest BCUT2D eigenvalue weighted by atomic mass is 16.7. The van der Waals surface area contributed by atoms with E-state index in [-0.39, 0.29) is 12.3 Å². The molecule has 0 aromatic heterocycles. The molecule has 0 saturated carbocycles. The molecule has 10 atom stereocenters. The number of carbonyl (C=O) groups excluding carboxylic acids is 1. The summed E-state index contributed by atoms with van der Waals surface area (Å²) in [6.45, 7) is 0.900. The SMILES string of the molecule is CCCCCCCCCCCCCCCC(=O)NC1O[C@H](CO)[C@@H](O[C@@H]2O[C@H](CO)[C@@H](O)[C@H](O)[C@@H]2O)[C@H](O)[C@@H]1O. The molecule has 0 radical (unpaired) electrons. The maximum atomic E-state index is 12.4. The van der Waals surface area contributed by atoms with E-state index in [1.807, 2.05) is 0 Å².